The number of hydrogen-bond acceptors (Lipinski definition) is 4. The van der Waals surface area contributed by atoms with Crippen LogP contribution in [0.1, 0.15) is 32.6 Å². The molecule has 25 heavy (non-hydrogen) atoms. The number of ether oxygens (including phenoxy) is 1. The predicted molar refractivity (Wildman–Crippen MR) is 101 cm³/mol. The quantitative estimate of drug-likeness (QED) is 0.761. The molecule has 2 N–H and O–H groups in total. The van der Waals surface area contributed by atoms with Crippen LogP contribution in [0.5, 0.6) is 5.75 Å². The molecule has 2 aliphatic rings. The van der Waals surface area contributed by atoms with Gasteiger partial charge < -0.3 is 15.4 Å². The second kappa shape index (κ2) is 9.20. The molecule has 0 saturated carbocycles. The van der Waals surface area contributed by atoms with E-state index in [1.807, 2.05) is 24.3 Å². The minimum Gasteiger partial charge on any atom is -0.492 e. The number of rotatable bonds is 8. The zero-order valence-electron chi connectivity index (χ0n) is 15.3. The van der Waals surface area contributed by atoms with Crippen molar-refractivity contribution in [2.24, 2.45) is 11.8 Å². The highest BCUT2D eigenvalue weighted by molar-refractivity contribution is 5.90. The van der Waals surface area contributed by atoms with E-state index in [1.165, 1.54) is 25.9 Å². The highest BCUT2D eigenvalue weighted by Crippen LogP contribution is 2.19. The highest BCUT2D eigenvalue weighted by Gasteiger charge is 2.18. The van der Waals surface area contributed by atoms with Gasteiger partial charge in [0.25, 0.3) is 0 Å². The summed E-state index contributed by atoms with van der Waals surface area (Å²) < 4.78 is 5.82. The summed E-state index contributed by atoms with van der Waals surface area (Å²) in [5.74, 6) is 2.43. The minimum absolute atomic E-state index is 0.101. The molecule has 1 aromatic carbocycles. The average molecular weight is 345 g/mol. The summed E-state index contributed by atoms with van der Waals surface area (Å²) in [7, 11) is 0. The van der Waals surface area contributed by atoms with Crippen LogP contribution in [0.15, 0.2) is 24.3 Å². The van der Waals surface area contributed by atoms with Gasteiger partial charge in [-0.15, -0.1) is 0 Å². The topological polar surface area (TPSA) is 53.6 Å². The van der Waals surface area contributed by atoms with E-state index in [1.54, 1.807) is 0 Å². The molecule has 2 atom stereocenters. The molecule has 0 radical (unpaired) electrons. The standard InChI is InChI=1S/C20H31N3O2/c1-16-9-11-23(15-16)12-13-25-19-5-3-18(4-6-19)22-20(24)7-2-17-8-10-21-14-17/h3-6,16-17,21H,2,7-15H2,1H3,(H,22,24). The number of carbonyl (C=O) groups excluding carboxylic acids is 1. The number of anilines is 1. The van der Waals surface area contributed by atoms with E-state index in [0.717, 1.165) is 43.4 Å². The van der Waals surface area contributed by atoms with Crippen LogP contribution in [0, 0.1) is 11.8 Å². The molecule has 0 spiro atoms. The van der Waals surface area contributed by atoms with Gasteiger partial charge in [-0.3, -0.25) is 9.69 Å². The number of benzene rings is 1. The maximum Gasteiger partial charge on any atom is 0.224 e. The van der Waals surface area contributed by atoms with Gasteiger partial charge >= 0.3 is 0 Å². The van der Waals surface area contributed by atoms with Crippen LogP contribution in [0.3, 0.4) is 0 Å². The molecular formula is C20H31N3O2. The first-order valence-electron chi connectivity index (χ1n) is 9.65. The van der Waals surface area contributed by atoms with E-state index in [2.05, 4.69) is 22.5 Å². The van der Waals surface area contributed by atoms with Crippen LogP contribution in [-0.2, 0) is 4.79 Å². The fourth-order valence-corrected chi connectivity index (χ4v) is 3.68. The Kier molecular flexibility index (Phi) is 6.70. The molecule has 2 heterocycles. The van der Waals surface area contributed by atoms with Crippen molar-refractivity contribution in [3.63, 3.8) is 0 Å². The Bertz CT molecular complexity index is 540. The van der Waals surface area contributed by atoms with E-state index < -0.39 is 0 Å². The van der Waals surface area contributed by atoms with Crippen LogP contribution in [0.2, 0.25) is 0 Å². The van der Waals surface area contributed by atoms with E-state index in [0.29, 0.717) is 18.9 Å². The van der Waals surface area contributed by atoms with Gasteiger partial charge in [0, 0.05) is 25.2 Å². The SMILES string of the molecule is CC1CCN(CCOc2ccc(NC(=O)CCC3CCNC3)cc2)C1. The second-order valence-corrected chi connectivity index (χ2v) is 7.51. The fraction of sp³-hybridized carbons (Fsp3) is 0.650. The molecule has 2 unspecified atom stereocenters. The zero-order chi connectivity index (χ0) is 17.5. The fourth-order valence-electron chi connectivity index (χ4n) is 3.68. The van der Waals surface area contributed by atoms with Gasteiger partial charge in [0.15, 0.2) is 0 Å². The highest BCUT2D eigenvalue weighted by atomic mass is 16.5. The summed E-state index contributed by atoms with van der Waals surface area (Å²) in [5.41, 5.74) is 0.843. The molecule has 2 aliphatic heterocycles. The molecule has 3 rings (SSSR count). The maximum atomic E-state index is 12.0. The third kappa shape index (κ3) is 6.01. The second-order valence-electron chi connectivity index (χ2n) is 7.51. The van der Waals surface area contributed by atoms with Gasteiger partial charge in [0.2, 0.25) is 5.91 Å². The van der Waals surface area contributed by atoms with Crippen molar-refractivity contribution in [3.05, 3.63) is 24.3 Å². The van der Waals surface area contributed by atoms with Gasteiger partial charge in [0.05, 0.1) is 0 Å². The molecule has 0 bridgehead atoms. The van der Waals surface area contributed by atoms with E-state index in [-0.39, 0.29) is 5.91 Å². The van der Waals surface area contributed by atoms with Crippen LogP contribution in [0.4, 0.5) is 5.69 Å². The number of amides is 1. The molecule has 138 valence electrons. The Morgan fingerprint density at radius 1 is 1.32 bits per heavy atom. The first kappa shape index (κ1) is 18.2. The largest absolute Gasteiger partial charge is 0.492 e. The van der Waals surface area contributed by atoms with Crippen molar-refractivity contribution >= 4 is 11.6 Å². The lowest BCUT2D eigenvalue weighted by atomic mass is 10.0. The lowest BCUT2D eigenvalue weighted by Gasteiger charge is -2.15. The lowest BCUT2D eigenvalue weighted by Crippen LogP contribution is -2.25. The normalized spacial score (nSPS) is 23.7. The molecule has 0 aromatic heterocycles. The Labute approximate surface area is 151 Å². The van der Waals surface area contributed by atoms with Gasteiger partial charge in [0.1, 0.15) is 12.4 Å². The summed E-state index contributed by atoms with van der Waals surface area (Å²) in [6.45, 7) is 8.52. The Morgan fingerprint density at radius 2 is 2.16 bits per heavy atom. The zero-order valence-corrected chi connectivity index (χ0v) is 15.3. The van der Waals surface area contributed by atoms with Crippen molar-refractivity contribution < 1.29 is 9.53 Å². The van der Waals surface area contributed by atoms with E-state index in [4.69, 9.17) is 4.74 Å². The van der Waals surface area contributed by atoms with Crippen molar-refractivity contribution in [3.8, 4) is 5.75 Å². The summed E-state index contributed by atoms with van der Waals surface area (Å²) >= 11 is 0. The van der Waals surface area contributed by atoms with Gasteiger partial charge in [-0.2, -0.15) is 0 Å². The molecule has 0 aliphatic carbocycles. The first-order chi connectivity index (χ1) is 12.2. The first-order valence-corrected chi connectivity index (χ1v) is 9.65. The number of nitrogens with one attached hydrogen (secondary N) is 2. The van der Waals surface area contributed by atoms with Gasteiger partial charge in [-0.1, -0.05) is 6.92 Å². The van der Waals surface area contributed by atoms with Gasteiger partial charge in [-0.05, 0) is 75.0 Å². The lowest BCUT2D eigenvalue weighted by molar-refractivity contribution is -0.116. The maximum absolute atomic E-state index is 12.0. The molecule has 2 saturated heterocycles. The molecular weight excluding hydrogens is 314 g/mol. The van der Waals surface area contributed by atoms with Crippen molar-refractivity contribution in [2.45, 2.75) is 32.6 Å². The Hall–Kier alpha value is -1.59. The van der Waals surface area contributed by atoms with Crippen LogP contribution in [0.25, 0.3) is 0 Å². The Morgan fingerprint density at radius 3 is 2.84 bits per heavy atom. The Balaban J connectivity index is 1.34. The number of hydrogen-bond donors (Lipinski definition) is 2. The third-order valence-electron chi connectivity index (χ3n) is 5.26. The van der Waals surface area contributed by atoms with Crippen molar-refractivity contribution in [1.82, 2.24) is 10.2 Å². The third-order valence-corrected chi connectivity index (χ3v) is 5.26. The average Bonchev–Trinajstić information content (AvgIpc) is 3.26. The van der Waals surface area contributed by atoms with E-state index >= 15 is 0 Å². The summed E-state index contributed by atoms with van der Waals surface area (Å²) in [4.78, 5) is 14.5. The molecule has 1 aromatic rings. The molecule has 5 nitrogen and oxygen atoms in total. The molecule has 5 heteroatoms. The summed E-state index contributed by atoms with van der Waals surface area (Å²) in [5, 5.41) is 6.32. The molecule has 2 fully saturated rings. The van der Waals surface area contributed by atoms with Crippen LogP contribution in [-0.4, -0.2) is 50.1 Å². The van der Waals surface area contributed by atoms with E-state index in [9.17, 15) is 4.79 Å². The monoisotopic (exact) mass is 345 g/mol. The number of nitrogens with zero attached hydrogens (tertiary/aromatic N) is 1. The molecule has 1 amide bonds. The van der Waals surface area contributed by atoms with Crippen molar-refractivity contribution in [2.75, 3.05) is 44.6 Å². The predicted octanol–water partition coefficient (Wildman–Crippen LogP) is 2.74. The van der Waals surface area contributed by atoms with Crippen LogP contribution >= 0.6 is 0 Å². The smallest absolute Gasteiger partial charge is 0.224 e. The van der Waals surface area contributed by atoms with Gasteiger partial charge in [-0.25, -0.2) is 0 Å². The van der Waals surface area contributed by atoms with Crippen LogP contribution < -0.4 is 15.4 Å². The number of likely N-dealkylation sites (tertiary alicyclic amines) is 1. The summed E-state index contributed by atoms with van der Waals surface area (Å²) in [6.07, 6.45) is 4.05. The number of carbonyl (C=O) groups is 1. The minimum atomic E-state index is 0.101. The van der Waals surface area contributed by atoms with Crippen molar-refractivity contribution in [1.29, 1.82) is 0 Å². The summed E-state index contributed by atoms with van der Waals surface area (Å²) in [6, 6.07) is 7.71.